The Bertz CT molecular complexity index is 616. The van der Waals surface area contributed by atoms with Gasteiger partial charge in [0.25, 0.3) is 0 Å². The molecule has 0 amide bonds. The van der Waals surface area contributed by atoms with Gasteiger partial charge in [0.1, 0.15) is 17.8 Å². The van der Waals surface area contributed by atoms with Crippen LogP contribution in [0.5, 0.6) is 5.75 Å². The fraction of sp³-hybridized carbons (Fsp3) is 0.143. The molecule has 1 unspecified atom stereocenters. The molecule has 1 N–H and O–H groups in total. The second-order valence-electron chi connectivity index (χ2n) is 4.72. The van der Waals surface area contributed by atoms with E-state index in [1.807, 2.05) is 18.2 Å². The van der Waals surface area contributed by atoms with Crippen LogP contribution in [0, 0.1) is 0 Å². The molecule has 23 heavy (non-hydrogen) atoms. The summed E-state index contributed by atoms with van der Waals surface area (Å²) in [5, 5.41) is 9.23. The van der Waals surface area contributed by atoms with E-state index in [0.717, 1.165) is 5.75 Å². The van der Waals surface area contributed by atoms with Crippen molar-refractivity contribution in [1.82, 2.24) is 0 Å². The quantitative estimate of drug-likeness (QED) is 0.364. The van der Waals surface area contributed by atoms with Crippen molar-refractivity contribution in [2.24, 2.45) is 0 Å². The van der Waals surface area contributed by atoms with Gasteiger partial charge in [-0.25, -0.2) is 0 Å². The summed E-state index contributed by atoms with van der Waals surface area (Å²) < 4.78 is 59.2. The summed E-state index contributed by atoms with van der Waals surface area (Å²) in [5.74, 6) is 1.39. The zero-order valence-corrected chi connectivity index (χ0v) is 13.7. The Morgan fingerprint density at radius 1 is 0.826 bits per heavy atom. The third kappa shape index (κ3) is 11.8. The first-order valence-electron chi connectivity index (χ1n) is 6.22. The molecule has 9 heteroatoms. The molecule has 0 radical (unpaired) electrons. The van der Waals surface area contributed by atoms with Gasteiger partial charge in [-0.1, -0.05) is 30.3 Å². The van der Waals surface area contributed by atoms with Crippen molar-refractivity contribution in [2.75, 3.05) is 6.26 Å². The molecule has 0 aromatic heterocycles. The Balaban J connectivity index is 0.000000322. The number of aromatic hydroxyl groups is 1. The SMILES string of the molecule is C[S+](Cc1ccccc1)c1ccc(O)cc1.F[P-](F)(F)(F)(F)F. The molecule has 0 aliphatic rings. The number of halogens is 6. The average molecular weight is 376 g/mol. The van der Waals surface area contributed by atoms with E-state index in [4.69, 9.17) is 0 Å². The number of phenols is 1. The summed E-state index contributed by atoms with van der Waals surface area (Å²) >= 11 is 0. The van der Waals surface area contributed by atoms with E-state index in [-0.39, 0.29) is 10.9 Å². The minimum absolute atomic E-state index is 0.196. The number of hydrogen-bond donors (Lipinski definition) is 1. The first kappa shape index (κ1) is 19.6. The standard InChI is InChI=1S/C14H14OS.F6P/c1-16(11-12-5-3-2-4-6-12)14-9-7-13(15)8-10-14;1-7(2,3,4,5)6/h2-10H,11H2,1H3;/q;-1/p+1. The van der Waals surface area contributed by atoms with Crippen LogP contribution in [-0.2, 0) is 16.6 Å². The second-order valence-corrected chi connectivity index (χ2v) is 8.67. The summed E-state index contributed by atoms with van der Waals surface area (Å²) in [6.45, 7) is 0. The average Bonchev–Trinajstić information content (AvgIpc) is 2.37. The molecule has 2 rings (SSSR count). The molecule has 1 nitrogen and oxygen atoms in total. The van der Waals surface area contributed by atoms with Crippen LogP contribution >= 0.6 is 7.81 Å². The molecule has 1 atom stereocenters. The van der Waals surface area contributed by atoms with Crippen LogP contribution in [0.3, 0.4) is 0 Å². The zero-order valence-electron chi connectivity index (χ0n) is 12.0. The van der Waals surface area contributed by atoms with E-state index in [2.05, 4.69) is 30.5 Å². The molecule has 130 valence electrons. The Kier molecular flexibility index (Phi) is 5.33. The van der Waals surface area contributed by atoms with Crippen molar-refractivity contribution in [3.8, 4) is 5.75 Å². The zero-order chi connectivity index (χ0) is 17.8. The van der Waals surface area contributed by atoms with Crippen molar-refractivity contribution < 1.29 is 30.3 Å². The first-order valence-corrected chi connectivity index (χ1v) is 10.1. The van der Waals surface area contributed by atoms with Gasteiger partial charge in [0.2, 0.25) is 0 Å². The van der Waals surface area contributed by atoms with Gasteiger partial charge in [0.05, 0.1) is 0 Å². The maximum atomic E-state index is 9.87. The van der Waals surface area contributed by atoms with Gasteiger partial charge < -0.3 is 5.11 Å². The van der Waals surface area contributed by atoms with Gasteiger partial charge >= 0.3 is 33.0 Å². The normalized spacial score (nSPS) is 15.6. The van der Waals surface area contributed by atoms with Crippen molar-refractivity contribution in [3.63, 3.8) is 0 Å². The molecule has 0 aliphatic heterocycles. The van der Waals surface area contributed by atoms with Crippen molar-refractivity contribution in [3.05, 3.63) is 60.2 Å². The van der Waals surface area contributed by atoms with Crippen LogP contribution in [0.1, 0.15) is 5.56 Å². The summed E-state index contributed by atoms with van der Waals surface area (Å²) in [4.78, 5) is 1.29. The summed E-state index contributed by atoms with van der Waals surface area (Å²) in [6, 6.07) is 18.0. The summed E-state index contributed by atoms with van der Waals surface area (Å²) in [5.41, 5.74) is 1.36. The van der Waals surface area contributed by atoms with Gasteiger partial charge in [-0.15, -0.1) is 0 Å². The van der Waals surface area contributed by atoms with Crippen LogP contribution in [0.25, 0.3) is 0 Å². The number of hydrogen-bond acceptors (Lipinski definition) is 1. The minimum atomic E-state index is -10.7. The predicted molar refractivity (Wildman–Crippen MR) is 83.4 cm³/mol. The van der Waals surface area contributed by atoms with Gasteiger partial charge in [-0.3, -0.25) is 0 Å². The van der Waals surface area contributed by atoms with Gasteiger partial charge in [0, 0.05) is 16.5 Å². The number of rotatable bonds is 3. The molecule has 0 heterocycles. The van der Waals surface area contributed by atoms with E-state index < -0.39 is 7.81 Å². The first-order chi connectivity index (χ1) is 10.2. The second kappa shape index (κ2) is 6.24. The third-order valence-corrected chi connectivity index (χ3v) is 4.31. The predicted octanol–water partition coefficient (Wildman–Crippen LogP) is 6.58. The van der Waals surface area contributed by atoms with Crippen molar-refractivity contribution in [1.29, 1.82) is 0 Å². The van der Waals surface area contributed by atoms with E-state index >= 15 is 0 Å². The van der Waals surface area contributed by atoms with Gasteiger partial charge in [-0.2, -0.15) is 0 Å². The topological polar surface area (TPSA) is 20.2 Å². The molecule has 0 bridgehead atoms. The third-order valence-electron chi connectivity index (χ3n) is 2.47. The van der Waals surface area contributed by atoms with Gasteiger partial charge in [-0.05, 0) is 24.3 Å². The fourth-order valence-electron chi connectivity index (χ4n) is 1.59. The Morgan fingerprint density at radius 2 is 1.26 bits per heavy atom. The van der Waals surface area contributed by atoms with E-state index in [0.29, 0.717) is 5.75 Å². The van der Waals surface area contributed by atoms with Crippen LogP contribution in [-0.4, -0.2) is 11.4 Å². The number of phenolic OH excluding ortho intramolecular Hbond substituents is 1. The molecule has 2 aromatic rings. The fourth-order valence-corrected chi connectivity index (χ4v) is 3.05. The van der Waals surface area contributed by atoms with Crippen molar-refractivity contribution >= 4 is 18.7 Å². The van der Waals surface area contributed by atoms with Crippen molar-refractivity contribution in [2.45, 2.75) is 10.6 Å². The van der Waals surface area contributed by atoms with Gasteiger partial charge in [0.15, 0.2) is 4.90 Å². The monoisotopic (exact) mass is 376 g/mol. The molecular formula is C14H15F6OPS. The molecular weight excluding hydrogens is 361 g/mol. The summed E-state index contributed by atoms with van der Waals surface area (Å²) in [6.07, 6.45) is 2.24. The van der Waals surface area contributed by atoms with Crippen LogP contribution in [0.2, 0.25) is 0 Å². The van der Waals surface area contributed by atoms with Crippen LogP contribution < -0.4 is 0 Å². The molecule has 0 aliphatic carbocycles. The Morgan fingerprint density at radius 3 is 1.70 bits per heavy atom. The van der Waals surface area contributed by atoms with E-state index in [1.54, 1.807) is 12.1 Å². The van der Waals surface area contributed by atoms with E-state index in [9.17, 15) is 30.3 Å². The molecule has 0 saturated carbocycles. The molecule has 0 saturated heterocycles. The Hall–Kier alpha value is -1.40. The van der Waals surface area contributed by atoms with E-state index in [1.165, 1.54) is 10.5 Å². The Labute approximate surface area is 132 Å². The molecule has 0 spiro atoms. The van der Waals surface area contributed by atoms with Crippen LogP contribution in [0.4, 0.5) is 25.2 Å². The molecule has 2 aromatic carbocycles. The molecule has 0 fully saturated rings. The number of benzene rings is 2. The summed E-state index contributed by atoms with van der Waals surface area (Å²) in [7, 11) is -10.5. The maximum absolute atomic E-state index is 10.7. The van der Waals surface area contributed by atoms with Crippen LogP contribution in [0.15, 0.2) is 59.5 Å².